The third kappa shape index (κ3) is 2.98. The molecule has 0 bridgehead atoms. The molecule has 124 valence electrons. The number of aryl methyl sites for hydroxylation is 1. The highest BCUT2D eigenvalue weighted by atomic mass is 79.9. The quantitative estimate of drug-likeness (QED) is 0.617. The van der Waals surface area contributed by atoms with Crippen LogP contribution in [-0.2, 0) is 6.54 Å². The van der Waals surface area contributed by atoms with E-state index in [2.05, 4.69) is 66.0 Å². The van der Waals surface area contributed by atoms with E-state index < -0.39 is 0 Å². The van der Waals surface area contributed by atoms with Gasteiger partial charge in [0.25, 0.3) is 5.52 Å². The molecule has 0 saturated heterocycles. The van der Waals surface area contributed by atoms with Gasteiger partial charge in [0.1, 0.15) is 0 Å². The third-order valence-electron chi connectivity index (χ3n) is 4.46. The molecule has 0 N–H and O–H groups in total. The van der Waals surface area contributed by atoms with Crippen molar-refractivity contribution >= 4 is 28.4 Å². The largest absolute Gasteiger partial charge is 1.00 e. The van der Waals surface area contributed by atoms with Crippen LogP contribution in [0.3, 0.4) is 0 Å². The molecule has 0 fully saturated rings. The Morgan fingerprint density at radius 1 is 1.04 bits per heavy atom. The zero-order chi connectivity index (χ0) is 15.8. The van der Waals surface area contributed by atoms with Crippen LogP contribution >= 0.6 is 0 Å². The van der Waals surface area contributed by atoms with E-state index in [9.17, 15) is 0 Å². The van der Waals surface area contributed by atoms with Crippen molar-refractivity contribution in [1.82, 2.24) is 0 Å². The first-order valence-electron chi connectivity index (χ1n) is 8.12. The van der Waals surface area contributed by atoms with Crippen LogP contribution in [0.4, 0.5) is 5.69 Å². The first kappa shape index (κ1) is 16.8. The Bertz CT molecular complexity index is 878. The van der Waals surface area contributed by atoms with Crippen LogP contribution in [0.1, 0.15) is 24.3 Å². The summed E-state index contributed by atoms with van der Waals surface area (Å²) >= 11 is 0. The lowest BCUT2D eigenvalue weighted by Crippen LogP contribution is -3.00. The van der Waals surface area contributed by atoms with E-state index in [4.69, 9.17) is 4.42 Å². The summed E-state index contributed by atoms with van der Waals surface area (Å²) in [5.74, 6) is 1.01. The molecule has 4 rings (SSSR count). The monoisotopic (exact) mass is 384 g/mol. The molecule has 0 unspecified atom stereocenters. The van der Waals surface area contributed by atoms with Crippen molar-refractivity contribution in [3.63, 3.8) is 0 Å². The van der Waals surface area contributed by atoms with Gasteiger partial charge in [-0.05, 0) is 36.3 Å². The van der Waals surface area contributed by atoms with Crippen molar-refractivity contribution in [2.75, 3.05) is 19.0 Å². The molecule has 4 heteroatoms. The number of halogens is 1. The van der Waals surface area contributed by atoms with Gasteiger partial charge in [-0.2, -0.15) is 4.57 Å². The Balaban J connectivity index is 0.00000169. The van der Waals surface area contributed by atoms with Crippen LogP contribution in [0.5, 0.6) is 0 Å². The number of hydrogen-bond acceptors (Lipinski definition) is 2. The second kappa shape index (κ2) is 6.81. The predicted molar refractivity (Wildman–Crippen MR) is 94.3 cm³/mol. The van der Waals surface area contributed by atoms with Crippen molar-refractivity contribution in [2.45, 2.75) is 19.4 Å². The van der Waals surface area contributed by atoms with Gasteiger partial charge in [0.2, 0.25) is 5.58 Å². The van der Waals surface area contributed by atoms with Crippen molar-refractivity contribution in [3.8, 4) is 0 Å². The Kier molecular flexibility index (Phi) is 4.76. The number of oxazole rings is 1. The van der Waals surface area contributed by atoms with Gasteiger partial charge in [0.05, 0.1) is 5.57 Å². The number of nitrogens with zero attached hydrogens (tertiary/aromatic N) is 2. The number of allylic oxidation sites excluding steroid dienone is 1. The predicted octanol–water partition coefficient (Wildman–Crippen LogP) is 1.12. The van der Waals surface area contributed by atoms with Crippen LogP contribution in [0.15, 0.2) is 52.9 Å². The molecule has 0 atom stereocenters. The Labute approximate surface area is 153 Å². The summed E-state index contributed by atoms with van der Waals surface area (Å²) in [6, 6.07) is 16.9. The lowest BCUT2D eigenvalue weighted by molar-refractivity contribution is -0.682. The standard InChI is InChI=1S/C20H21N2O.BrH/c1-21(2)17-11-9-15(10-12-17)14-16-6-5-13-22-18-7-3-4-8-19(18)23-20(16)22;/h3-4,7-12,14H,5-6,13H2,1-2H3;1H/q+1;/p-1. The van der Waals surface area contributed by atoms with Crippen LogP contribution in [-0.4, -0.2) is 14.1 Å². The van der Waals surface area contributed by atoms with E-state index >= 15 is 0 Å². The fraction of sp³-hybridized carbons (Fsp3) is 0.250. The fourth-order valence-electron chi connectivity index (χ4n) is 3.23. The zero-order valence-electron chi connectivity index (χ0n) is 14.0. The number of rotatable bonds is 2. The maximum absolute atomic E-state index is 6.12. The van der Waals surface area contributed by atoms with Crippen molar-refractivity contribution in [3.05, 3.63) is 60.0 Å². The Hall–Kier alpha value is -2.07. The minimum absolute atomic E-state index is 0. The van der Waals surface area contributed by atoms with Gasteiger partial charge in [-0.3, -0.25) is 0 Å². The molecule has 0 aliphatic carbocycles. The zero-order valence-corrected chi connectivity index (χ0v) is 15.6. The molecule has 3 aromatic rings. The van der Waals surface area contributed by atoms with E-state index in [0.29, 0.717) is 0 Å². The van der Waals surface area contributed by atoms with Gasteiger partial charge in [-0.1, -0.05) is 24.3 Å². The summed E-state index contributed by atoms with van der Waals surface area (Å²) in [5.41, 5.74) is 5.88. The average Bonchev–Trinajstić information content (AvgIpc) is 2.95. The molecule has 0 saturated carbocycles. The van der Waals surface area contributed by atoms with Crippen LogP contribution in [0.25, 0.3) is 22.7 Å². The topological polar surface area (TPSA) is 20.3 Å². The van der Waals surface area contributed by atoms with Gasteiger partial charge in [0.15, 0.2) is 6.54 Å². The van der Waals surface area contributed by atoms with E-state index in [1.54, 1.807) is 0 Å². The molecule has 0 radical (unpaired) electrons. The third-order valence-corrected chi connectivity index (χ3v) is 4.46. The number of para-hydroxylation sites is 2. The second-order valence-corrected chi connectivity index (χ2v) is 6.29. The summed E-state index contributed by atoms with van der Waals surface area (Å²) in [6.45, 7) is 1.03. The summed E-state index contributed by atoms with van der Waals surface area (Å²) in [4.78, 5) is 2.12. The summed E-state index contributed by atoms with van der Waals surface area (Å²) in [6.07, 6.45) is 4.48. The molecule has 1 aromatic heterocycles. The Morgan fingerprint density at radius 3 is 2.54 bits per heavy atom. The minimum atomic E-state index is 0. The van der Waals surface area contributed by atoms with Crippen LogP contribution in [0, 0.1) is 0 Å². The summed E-state index contributed by atoms with van der Waals surface area (Å²) < 4.78 is 8.43. The molecule has 24 heavy (non-hydrogen) atoms. The molecule has 0 spiro atoms. The van der Waals surface area contributed by atoms with E-state index in [1.165, 1.54) is 22.3 Å². The number of anilines is 1. The maximum Gasteiger partial charge on any atom is 0.377 e. The van der Waals surface area contributed by atoms with E-state index in [0.717, 1.165) is 30.9 Å². The summed E-state index contributed by atoms with van der Waals surface area (Å²) in [5, 5.41) is 0. The van der Waals surface area contributed by atoms with E-state index in [1.807, 2.05) is 12.1 Å². The highest BCUT2D eigenvalue weighted by Crippen LogP contribution is 2.28. The SMILES string of the molecule is CN(C)c1ccc(C=C2CCC[n+]3c2oc2ccccc23)cc1.[Br-]. The van der Waals surface area contributed by atoms with Crippen molar-refractivity contribution in [1.29, 1.82) is 0 Å². The normalized spacial score (nSPS) is 15.2. The fourth-order valence-corrected chi connectivity index (χ4v) is 3.23. The second-order valence-electron chi connectivity index (χ2n) is 6.29. The van der Waals surface area contributed by atoms with Gasteiger partial charge >= 0.3 is 5.89 Å². The first-order valence-corrected chi connectivity index (χ1v) is 8.12. The highest BCUT2D eigenvalue weighted by molar-refractivity contribution is 5.80. The van der Waals surface area contributed by atoms with E-state index in [-0.39, 0.29) is 17.0 Å². The number of fused-ring (bicyclic) bond motifs is 3. The molecule has 2 aromatic carbocycles. The number of hydrogen-bond donors (Lipinski definition) is 0. The van der Waals surface area contributed by atoms with Crippen LogP contribution in [0.2, 0.25) is 0 Å². The van der Waals surface area contributed by atoms with Gasteiger partial charge in [-0.25, -0.2) is 0 Å². The molecule has 1 aliphatic rings. The molecular weight excluding hydrogens is 364 g/mol. The molecule has 3 nitrogen and oxygen atoms in total. The highest BCUT2D eigenvalue weighted by Gasteiger charge is 2.29. The smallest absolute Gasteiger partial charge is 0.377 e. The maximum atomic E-state index is 6.12. The molecule has 1 aliphatic heterocycles. The molecule has 2 heterocycles. The number of benzene rings is 2. The summed E-state index contributed by atoms with van der Waals surface area (Å²) in [7, 11) is 4.12. The number of aromatic nitrogens is 1. The van der Waals surface area contributed by atoms with Crippen molar-refractivity contribution in [2.24, 2.45) is 0 Å². The first-order chi connectivity index (χ1) is 11.2. The molecular formula is C20H21BrN2O. The van der Waals surface area contributed by atoms with Gasteiger partial charge < -0.3 is 26.3 Å². The lowest BCUT2D eigenvalue weighted by atomic mass is 10.0. The minimum Gasteiger partial charge on any atom is -1.00 e. The van der Waals surface area contributed by atoms with Gasteiger partial charge in [0, 0.05) is 32.3 Å². The van der Waals surface area contributed by atoms with Crippen molar-refractivity contribution < 1.29 is 26.0 Å². The Morgan fingerprint density at radius 2 is 1.79 bits per heavy atom. The molecule has 0 amide bonds. The van der Waals surface area contributed by atoms with Gasteiger partial charge in [-0.15, -0.1) is 0 Å². The average molecular weight is 385 g/mol. The lowest BCUT2D eigenvalue weighted by Gasteiger charge is -2.12. The van der Waals surface area contributed by atoms with Crippen LogP contribution < -0.4 is 26.4 Å².